The molecule has 0 spiro atoms. The van der Waals surface area contributed by atoms with Crippen LogP contribution >= 0.6 is 0 Å². The van der Waals surface area contributed by atoms with E-state index in [-0.39, 0.29) is 0 Å². The Morgan fingerprint density at radius 2 is 1.70 bits per heavy atom. The van der Waals surface area contributed by atoms with Crippen LogP contribution in [0.3, 0.4) is 0 Å². The van der Waals surface area contributed by atoms with Crippen molar-refractivity contribution in [3.8, 4) is 0 Å². The average Bonchev–Trinajstić information content (AvgIpc) is 2.94. The van der Waals surface area contributed by atoms with E-state index < -0.39 is 0 Å². The standard InChI is InChI=1S/C18H30N2/c1-3-9-17(10-4-2)19-18-12-6-5-11-16(18)15-20-13-7-8-14-20/h5-6,11-12,17,19H,3-4,7-10,13-15H2,1-2H3. The van der Waals surface area contributed by atoms with E-state index in [2.05, 4.69) is 48.3 Å². The summed E-state index contributed by atoms with van der Waals surface area (Å²) in [5.74, 6) is 0. The van der Waals surface area contributed by atoms with Crippen molar-refractivity contribution in [2.24, 2.45) is 0 Å². The van der Waals surface area contributed by atoms with E-state index >= 15 is 0 Å². The summed E-state index contributed by atoms with van der Waals surface area (Å²) >= 11 is 0. The minimum atomic E-state index is 0.629. The summed E-state index contributed by atoms with van der Waals surface area (Å²) in [7, 11) is 0. The van der Waals surface area contributed by atoms with Crippen molar-refractivity contribution in [1.82, 2.24) is 4.90 Å². The van der Waals surface area contributed by atoms with Crippen LogP contribution in [0.2, 0.25) is 0 Å². The fourth-order valence-electron chi connectivity index (χ4n) is 3.19. The molecule has 0 amide bonds. The molecule has 1 saturated heterocycles. The van der Waals surface area contributed by atoms with Crippen molar-refractivity contribution in [1.29, 1.82) is 0 Å². The number of para-hydroxylation sites is 1. The molecule has 1 aliphatic rings. The zero-order chi connectivity index (χ0) is 14.2. The fraction of sp³-hybridized carbons (Fsp3) is 0.667. The first-order valence-electron chi connectivity index (χ1n) is 8.40. The normalized spacial score (nSPS) is 15.9. The second-order valence-electron chi connectivity index (χ2n) is 6.06. The molecule has 0 radical (unpaired) electrons. The molecule has 1 aromatic carbocycles. The Bertz CT molecular complexity index is 377. The maximum Gasteiger partial charge on any atom is 0.0388 e. The Morgan fingerprint density at radius 1 is 1.05 bits per heavy atom. The van der Waals surface area contributed by atoms with Crippen molar-refractivity contribution >= 4 is 5.69 Å². The van der Waals surface area contributed by atoms with Crippen LogP contribution in [-0.4, -0.2) is 24.0 Å². The van der Waals surface area contributed by atoms with Gasteiger partial charge in [-0.05, 0) is 50.4 Å². The highest BCUT2D eigenvalue weighted by Gasteiger charge is 2.14. The summed E-state index contributed by atoms with van der Waals surface area (Å²) in [4.78, 5) is 2.58. The summed E-state index contributed by atoms with van der Waals surface area (Å²) in [6.07, 6.45) is 7.78. The third-order valence-electron chi connectivity index (χ3n) is 4.24. The smallest absolute Gasteiger partial charge is 0.0388 e. The molecule has 1 N–H and O–H groups in total. The second kappa shape index (κ2) is 8.31. The average molecular weight is 274 g/mol. The number of nitrogens with one attached hydrogen (secondary N) is 1. The van der Waals surface area contributed by atoms with Gasteiger partial charge in [-0.2, -0.15) is 0 Å². The van der Waals surface area contributed by atoms with Crippen LogP contribution in [0.25, 0.3) is 0 Å². The molecule has 20 heavy (non-hydrogen) atoms. The highest BCUT2D eigenvalue weighted by atomic mass is 15.1. The van der Waals surface area contributed by atoms with Crippen LogP contribution in [0.4, 0.5) is 5.69 Å². The number of anilines is 1. The van der Waals surface area contributed by atoms with Crippen LogP contribution in [0.1, 0.15) is 57.9 Å². The minimum Gasteiger partial charge on any atom is -0.382 e. The Labute approximate surface area is 124 Å². The van der Waals surface area contributed by atoms with E-state index in [0.717, 1.165) is 6.54 Å². The molecule has 1 fully saturated rings. The lowest BCUT2D eigenvalue weighted by Crippen LogP contribution is -2.22. The van der Waals surface area contributed by atoms with Crippen LogP contribution in [0.15, 0.2) is 24.3 Å². The molecule has 0 unspecified atom stereocenters. The molecule has 0 atom stereocenters. The van der Waals surface area contributed by atoms with E-state index in [0.29, 0.717) is 6.04 Å². The van der Waals surface area contributed by atoms with Crippen LogP contribution in [0.5, 0.6) is 0 Å². The number of likely N-dealkylation sites (tertiary alicyclic amines) is 1. The van der Waals surface area contributed by atoms with Gasteiger partial charge in [-0.25, -0.2) is 0 Å². The Hall–Kier alpha value is -1.02. The summed E-state index contributed by atoms with van der Waals surface area (Å²) in [5, 5.41) is 3.80. The Kier molecular flexibility index (Phi) is 6.38. The van der Waals surface area contributed by atoms with Gasteiger partial charge in [0.2, 0.25) is 0 Å². The lowest BCUT2D eigenvalue weighted by Gasteiger charge is -2.23. The molecule has 0 saturated carbocycles. The molecule has 1 heterocycles. The predicted octanol–water partition coefficient (Wildman–Crippen LogP) is 4.66. The minimum absolute atomic E-state index is 0.629. The van der Waals surface area contributed by atoms with E-state index in [9.17, 15) is 0 Å². The van der Waals surface area contributed by atoms with Crippen molar-refractivity contribution in [2.45, 2.75) is 65.0 Å². The number of hydrogen-bond acceptors (Lipinski definition) is 2. The lowest BCUT2D eigenvalue weighted by atomic mass is 10.0. The summed E-state index contributed by atoms with van der Waals surface area (Å²) in [6.45, 7) is 8.19. The highest BCUT2D eigenvalue weighted by molar-refractivity contribution is 5.51. The van der Waals surface area contributed by atoms with Gasteiger partial charge >= 0.3 is 0 Å². The van der Waals surface area contributed by atoms with Gasteiger partial charge in [0, 0.05) is 18.3 Å². The van der Waals surface area contributed by atoms with Gasteiger partial charge in [-0.15, -0.1) is 0 Å². The monoisotopic (exact) mass is 274 g/mol. The van der Waals surface area contributed by atoms with Crippen LogP contribution < -0.4 is 5.32 Å². The number of hydrogen-bond donors (Lipinski definition) is 1. The number of benzene rings is 1. The van der Waals surface area contributed by atoms with Gasteiger partial charge in [-0.3, -0.25) is 4.90 Å². The lowest BCUT2D eigenvalue weighted by molar-refractivity contribution is 0.332. The Balaban J connectivity index is 2.01. The van der Waals surface area contributed by atoms with Gasteiger partial charge in [0.15, 0.2) is 0 Å². The molecule has 2 nitrogen and oxygen atoms in total. The van der Waals surface area contributed by atoms with E-state index in [4.69, 9.17) is 0 Å². The van der Waals surface area contributed by atoms with Gasteiger partial charge in [0.1, 0.15) is 0 Å². The first-order valence-corrected chi connectivity index (χ1v) is 8.40. The summed E-state index contributed by atoms with van der Waals surface area (Å²) in [6, 6.07) is 9.50. The number of rotatable bonds is 8. The molecular formula is C18H30N2. The molecular weight excluding hydrogens is 244 g/mol. The van der Waals surface area contributed by atoms with Crippen LogP contribution in [-0.2, 0) is 6.54 Å². The van der Waals surface area contributed by atoms with Crippen molar-refractivity contribution in [2.75, 3.05) is 18.4 Å². The Morgan fingerprint density at radius 3 is 2.35 bits per heavy atom. The maximum atomic E-state index is 3.80. The van der Waals surface area contributed by atoms with Gasteiger partial charge in [0.05, 0.1) is 0 Å². The van der Waals surface area contributed by atoms with Gasteiger partial charge < -0.3 is 5.32 Å². The largest absolute Gasteiger partial charge is 0.382 e. The zero-order valence-corrected chi connectivity index (χ0v) is 13.2. The highest BCUT2D eigenvalue weighted by Crippen LogP contribution is 2.22. The molecule has 0 bridgehead atoms. The summed E-state index contributed by atoms with van der Waals surface area (Å²) in [5.41, 5.74) is 2.82. The maximum absolute atomic E-state index is 3.80. The first kappa shape index (κ1) is 15.4. The first-order chi connectivity index (χ1) is 9.83. The molecule has 2 rings (SSSR count). The van der Waals surface area contributed by atoms with E-state index in [1.54, 1.807) is 0 Å². The second-order valence-corrected chi connectivity index (χ2v) is 6.06. The zero-order valence-electron chi connectivity index (χ0n) is 13.2. The van der Waals surface area contributed by atoms with Crippen molar-refractivity contribution < 1.29 is 0 Å². The van der Waals surface area contributed by atoms with Gasteiger partial charge in [-0.1, -0.05) is 44.9 Å². The van der Waals surface area contributed by atoms with Gasteiger partial charge in [0.25, 0.3) is 0 Å². The SMILES string of the molecule is CCCC(CCC)Nc1ccccc1CN1CCCC1. The molecule has 1 aromatic rings. The fourth-order valence-corrected chi connectivity index (χ4v) is 3.19. The van der Waals surface area contributed by atoms with Crippen molar-refractivity contribution in [3.63, 3.8) is 0 Å². The number of nitrogens with zero attached hydrogens (tertiary/aromatic N) is 1. The third kappa shape index (κ3) is 4.52. The topological polar surface area (TPSA) is 15.3 Å². The van der Waals surface area contributed by atoms with Crippen LogP contribution in [0, 0.1) is 0 Å². The molecule has 1 aliphatic heterocycles. The molecule has 0 aliphatic carbocycles. The quantitative estimate of drug-likeness (QED) is 0.741. The molecule has 2 heteroatoms. The predicted molar refractivity (Wildman–Crippen MR) is 88.2 cm³/mol. The summed E-state index contributed by atoms with van der Waals surface area (Å²) < 4.78 is 0. The van der Waals surface area contributed by atoms with Crippen molar-refractivity contribution in [3.05, 3.63) is 29.8 Å². The molecule has 112 valence electrons. The molecule has 0 aromatic heterocycles. The van der Waals surface area contributed by atoms with E-state index in [1.807, 2.05) is 0 Å². The van der Waals surface area contributed by atoms with E-state index in [1.165, 1.54) is 62.9 Å². The third-order valence-corrected chi connectivity index (χ3v) is 4.24.